The van der Waals surface area contributed by atoms with E-state index in [4.69, 9.17) is 21.7 Å². The Bertz CT molecular complexity index is 1200. The predicted octanol–water partition coefficient (Wildman–Crippen LogP) is 4.28. The molecule has 0 radical (unpaired) electrons. The van der Waals surface area contributed by atoms with Gasteiger partial charge in [-0.25, -0.2) is 0 Å². The smallest absolute Gasteiger partial charge is 0.256 e. The predicted molar refractivity (Wildman–Crippen MR) is 140 cm³/mol. The Labute approximate surface area is 210 Å². The number of amides is 2. The van der Waals surface area contributed by atoms with E-state index in [1.807, 2.05) is 59.5 Å². The van der Waals surface area contributed by atoms with Crippen LogP contribution in [0.3, 0.4) is 0 Å². The number of rotatable bonds is 9. The Balaban J connectivity index is 1.54. The first kappa shape index (κ1) is 24.2. The van der Waals surface area contributed by atoms with Gasteiger partial charge in [0.05, 0.1) is 26.3 Å². The summed E-state index contributed by atoms with van der Waals surface area (Å²) >= 11 is 5.74. The van der Waals surface area contributed by atoms with Gasteiger partial charge in [0.1, 0.15) is 17.5 Å². The maximum Gasteiger partial charge on any atom is 0.256 e. The van der Waals surface area contributed by atoms with Crippen molar-refractivity contribution >= 4 is 40.5 Å². The van der Waals surface area contributed by atoms with Crippen LogP contribution < -0.4 is 19.7 Å². The Morgan fingerprint density at radius 1 is 0.943 bits per heavy atom. The van der Waals surface area contributed by atoms with Crippen LogP contribution in [0.4, 0.5) is 11.4 Å². The minimum atomic E-state index is -0.712. The van der Waals surface area contributed by atoms with Gasteiger partial charge in [0.15, 0.2) is 5.11 Å². The van der Waals surface area contributed by atoms with E-state index in [2.05, 4.69) is 5.32 Å². The van der Waals surface area contributed by atoms with E-state index in [0.29, 0.717) is 35.2 Å². The highest BCUT2D eigenvalue weighted by molar-refractivity contribution is 7.80. The molecule has 0 bridgehead atoms. The van der Waals surface area contributed by atoms with E-state index in [-0.39, 0.29) is 18.2 Å². The van der Waals surface area contributed by atoms with Gasteiger partial charge in [-0.2, -0.15) is 0 Å². The second kappa shape index (κ2) is 11.0. The molecule has 0 spiro atoms. The number of nitrogens with one attached hydrogen (secondary N) is 1. The number of methoxy groups -OCH3 is 2. The highest BCUT2D eigenvalue weighted by Crippen LogP contribution is 2.28. The van der Waals surface area contributed by atoms with Crippen LogP contribution in [0.25, 0.3) is 0 Å². The second-order valence-electron chi connectivity index (χ2n) is 8.04. The average Bonchev–Trinajstić information content (AvgIpc) is 3.12. The lowest BCUT2D eigenvalue weighted by atomic mass is 10.1. The summed E-state index contributed by atoms with van der Waals surface area (Å²) in [6.07, 6.45) is 0.580. The Kier molecular flexibility index (Phi) is 7.62. The quantitative estimate of drug-likeness (QED) is 0.453. The summed E-state index contributed by atoms with van der Waals surface area (Å²) in [5.41, 5.74) is 2.32. The van der Waals surface area contributed by atoms with Crippen molar-refractivity contribution in [1.29, 1.82) is 0 Å². The molecule has 0 saturated carbocycles. The van der Waals surface area contributed by atoms with E-state index in [0.717, 1.165) is 11.3 Å². The minimum absolute atomic E-state index is 0.0275. The summed E-state index contributed by atoms with van der Waals surface area (Å²) in [7, 11) is 3.21. The molecule has 2 amide bonds. The Morgan fingerprint density at radius 2 is 1.63 bits per heavy atom. The molecular formula is C27H27N3O4S. The second-order valence-corrected chi connectivity index (χ2v) is 8.41. The lowest BCUT2D eigenvalue weighted by Crippen LogP contribution is -2.39. The molecule has 35 heavy (non-hydrogen) atoms. The number of carbonyl (C=O) groups is 2. The van der Waals surface area contributed by atoms with Crippen molar-refractivity contribution in [2.45, 2.75) is 18.9 Å². The van der Waals surface area contributed by atoms with Gasteiger partial charge in [-0.3, -0.25) is 14.5 Å². The van der Waals surface area contributed by atoms with Crippen LogP contribution in [0.1, 0.15) is 12.0 Å². The molecule has 8 heteroatoms. The molecule has 1 aliphatic rings. The van der Waals surface area contributed by atoms with Crippen molar-refractivity contribution in [2.24, 2.45) is 0 Å². The molecular weight excluding hydrogens is 462 g/mol. The first-order chi connectivity index (χ1) is 17.0. The van der Waals surface area contributed by atoms with Crippen LogP contribution in [0.5, 0.6) is 11.5 Å². The van der Waals surface area contributed by atoms with Crippen LogP contribution in [0.2, 0.25) is 0 Å². The third-order valence-corrected chi connectivity index (χ3v) is 6.32. The maximum atomic E-state index is 13.5. The molecule has 1 fully saturated rings. The zero-order chi connectivity index (χ0) is 24.8. The van der Waals surface area contributed by atoms with Crippen molar-refractivity contribution in [3.05, 3.63) is 84.4 Å². The van der Waals surface area contributed by atoms with Crippen LogP contribution in [-0.4, -0.2) is 48.6 Å². The first-order valence-corrected chi connectivity index (χ1v) is 11.7. The topological polar surface area (TPSA) is 71.1 Å². The van der Waals surface area contributed by atoms with E-state index in [9.17, 15) is 9.59 Å². The van der Waals surface area contributed by atoms with Gasteiger partial charge in [0.25, 0.3) is 5.91 Å². The number of ether oxygens (including phenoxy) is 2. The van der Waals surface area contributed by atoms with E-state index >= 15 is 0 Å². The van der Waals surface area contributed by atoms with Gasteiger partial charge in [0.2, 0.25) is 5.91 Å². The van der Waals surface area contributed by atoms with Gasteiger partial charge in [0, 0.05) is 12.2 Å². The van der Waals surface area contributed by atoms with Crippen molar-refractivity contribution < 1.29 is 19.1 Å². The standard InChI is InChI=1S/C27H27N3O4S/c1-33-22-14-12-20(13-15-22)28-25(31)18-23-26(32)30(21-9-4-3-5-10-21)27(35)29(23)17-16-19-8-6-7-11-24(19)34-2/h3-15,23H,16-18H2,1-2H3,(H,28,31)/t23-/m0/s1. The van der Waals surface area contributed by atoms with Gasteiger partial charge >= 0.3 is 0 Å². The van der Waals surface area contributed by atoms with Gasteiger partial charge in [-0.05, 0) is 66.7 Å². The third-order valence-electron chi connectivity index (χ3n) is 5.90. The zero-order valence-electron chi connectivity index (χ0n) is 19.6. The van der Waals surface area contributed by atoms with Crippen molar-refractivity contribution in [1.82, 2.24) is 4.90 Å². The lowest BCUT2D eigenvalue weighted by Gasteiger charge is -2.24. The Morgan fingerprint density at radius 3 is 2.31 bits per heavy atom. The number of anilines is 2. The Hall–Kier alpha value is -3.91. The SMILES string of the molecule is COc1ccc(NC(=O)C[C@H]2C(=O)N(c3ccccc3)C(=S)N2CCc2ccccc2OC)cc1. The number of thiocarbonyl (C=S) groups is 1. The molecule has 0 unspecified atom stereocenters. The van der Waals surface area contributed by atoms with E-state index < -0.39 is 6.04 Å². The fourth-order valence-electron chi connectivity index (χ4n) is 4.11. The summed E-state index contributed by atoms with van der Waals surface area (Å²) in [6.45, 7) is 0.467. The number of nitrogens with zero attached hydrogens (tertiary/aromatic N) is 2. The van der Waals surface area contributed by atoms with E-state index in [1.165, 1.54) is 4.90 Å². The van der Waals surface area contributed by atoms with Crippen molar-refractivity contribution in [2.75, 3.05) is 31.0 Å². The van der Waals surface area contributed by atoms with Crippen molar-refractivity contribution in [3.8, 4) is 11.5 Å². The molecule has 0 aromatic heterocycles. The summed E-state index contributed by atoms with van der Waals surface area (Å²) in [6, 6.07) is 23.3. The third kappa shape index (κ3) is 5.44. The molecule has 0 aliphatic carbocycles. The normalized spacial score (nSPS) is 15.3. The lowest BCUT2D eigenvalue weighted by molar-refractivity contribution is -0.124. The molecule has 3 aromatic carbocycles. The molecule has 7 nitrogen and oxygen atoms in total. The van der Waals surface area contributed by atoms with Crippen molar-refractivity contribution in [3.63, 3.8) is 0 Å². The molecule has 4 rings (SSSR count). The van der Waals surface area contributed by atoms with Crippen LogP contribution in [0.15, 0.2) is 78.9 Å². The summed E-state index contributed by atoms with van der Waals surface area (Å²) in [5.74, 6) is 0.984. The number of carbonyl (C=O) groups excluding carboxylic acids is 2. The molecule has 1 heterocycles. The molecule has 3 aromatic rings. The van der Waals surface area contributed by atoms with Gasteiger partial charge in [-0.1, -0.05) is 36.4 Å². The molecule has 1 N–H and O–H groups in total. The fraction of sp³-hybridized carbons (Fsp3) is 0.222. The largest absolute Gasteiger partial charge is 0.497 e. The maximum absolute atomic E-state index is 13.5. The molecule has 1 aliphatic heterocycles. The van der Waals surface area contributed by atoms with Gasteiger partial charge < -0.3 is 19.7 Å². The minimum Gasteiger partial charge on any atom is -0.497 e. The zero-order valence-corrected chi connectivity index (χ0v) is 20.5. The molecule has 1 atom stereocenters. The number of para-hydroxylation sites is 2. The van der Waals surface area contributed by atoms with Gasteiger partial charge in [-0.15, -0.1) is 0 Å². The van der Waals surface area contributed by atoms with Crippen LogP contribution in [-0.2, 0) is 16.0 Å². The average molecular weight is 490 g/mol. The first-order valence-electron chi connectivity index (χ1n) is 11.3. The number of hydrogen-bond donors (Lipinski definition) is 1. The number of hydrogen-bond acceptors (Lipinski definition) is 5. The highest BCUT2D eigenvalue weighted by atomic mass is 32.1. The van der Waals surface area contributed by atoms with Crippen LogP contribution >= 0.6 is 12.2 Å². The summed E-state index contributed by atoms with van der Waals surface area (Å²) < 4.78 is 10.6. The van der Waals surface area contributed by atoms with E-state index in [1.54, 1.807) is 38.5 Å². The monoisotopic (exact) mass is 489 g/mol. The highest BCUT2D eigenvalue weighted by Gasteiger charge is 2.43. The molecule has 1 saturated heterocycles. The molecule has 180 valence electrons. The fourth-order valence-corrected chi connectivity index (χ4v) is 4.53. The van der Waals surface area contributed by atoms with Crippen LogP contribution in [0, 0.1) is 0 Å². The summed E-state index contributed by atoms with van der Waals surface area (Å²) in [5, 5.41) is 3.25. The number of benzene rings is 3. The summed E-state index contributed by atoms with van der Waals surface area (Å²) in [4.78, 5) is 29.8.